The summed E-state index contributed by atoms with van der Waals surface area (Å²) in [7, 11) is 4.33. The van der Waals surface area contributed by atoms with Crippen LogP contribution in [-0.2, 0) is 10.3 Å². The average molecular weight is 378 g/mol. The molecule has 2 aromatic rings. The number of hydrogen-bond acceptors (Lipinski definition) is 3. The third kappa shape index (κ3) is 3.47. The Morgan fingerprint density at radius 1 is 0.964 bits per heavy atom. The van der Waals surface area contributed by atoms with Gasteiger partial charge in [-0.1, -0.05) is 60.7 Å². The van der Waals surface area contributed by atoms with Gasteiger partial charge in [0.1, 0.15) is 0 Å². The molecular formula is C24H31N3O. The van der Waals surface area contributed by atoms with Gasteiger partial charge in [0.15, 0.2) is 0 Å². The lowest BCUT2D eigenvalue weighted by Gasteiger charge is -2.47. The van der Waals surface area contributed by atoms with Crippen LogP contribution >= 0.6 is 0 Å². The first-order valence-corrected chi connectivity index (χ1v) is 10.4. The predicted octanol–water partition coefficient (Wildman–Crippen LogP) is 3.07. The van der Waals surface area contributed by atoms with Crippen LogP contribution < -0.4 is 5.32 Å². The second-order valence-corrected chi connectivity index (χ2v) is 8.40. The molecule has 0 saturated carbocycles. The Morgan fingerprint density at radius 3 is 2.18 bits per heavy atom. The van der Waals surface area contributed by atoms with Crippen LogP contribution in [0.25, 0.3) is 0 Å². The molecule has 0 bridgehead atoms. The van der Waals surface area contributed by atoms with E-state index in [1.165, 1.54) is 11.1 Å². The third-order valence-electron chi connectivity index (χ3n) is 6.83. The lowest BCUT2D eigenvalue weighted by atomic mass is 9.79. The van der Waals surface area contributed by atoms with Crippen LogP contribution in [0, 0.1) is 5.92 Å². The highest BCUT2D eigenvalue weighted by Crippen LogP contribution is 2.38. The van der Waals surface area contributed by atoms with Crippen molar-refractivity contribution in [3.63, 3.8) is 0 Å². The van der Waals surface area contributed by atoms with Gasteiger partial charge >= 0.3 is 0 Å². The molecule has 2 heterocycles. The molecule has 2 saturated heterocycles. The number of rotatable bonds is 4. The van der Waals surface area contributed by atoms with Crippen molar-refractivity contribution in [2.75, 3.05) is 40.3 Å². The van der Waals surface area contributed by atoms with Crippen LogP contribution in [0.1, 0.15) is 29.9 Å². The summed E-state index contributed by atoms with van der Waals surface area (Å²) in [6.07, 6.45) is 1.96. The van der Waals surface area contributed by atoms with E-state index < -0.39 is 0 Å². The molecule has 4 nitrogen and oxygen atoms in total. The number of carbonyl (C=O) groups is 1. The maximum Gasteiger partial charge on any atom is 0.227 e. The first-order chi connectivity index (χ1) is 13.6. The molecule has 148 valence electrons. The molecular weight excluding hydrogens is 346 g/mol. The monoisotopic (exact) mass is 377 g/mol. The zero-order chi connectivity index (χ0) is 19.6. The van der Waals surface area contributed by atoms with E-state index in [-0.39, 0.29) is 17.4 Å². The van der Waals surface area contributed by atoms with Crippen molar-refractivity contribution in [1.29, 1.82) is 0 Å². The van der Waals surface area contributed by atoms with E-state index in [0.717, 1.165) is 39.0 Å². The zero-order valence-corrected chi connectivity index (χ0v) is 17.0. The van der Waals surface area contributed by atoms with Crippen molar-refractivity contribution >= 4 is 5.91 Å². The number of nitrogens with zero attached hydrogens (tertiary/aromatic N) is 2. The van der Waals surface area contributed by atoms with Crippen molar-refractivity contribution in [2.24, 2.45) is 5.92 Å². The maximum atomic E-state index is 13.4. The number of benzene rings is 2. The van der Waals surface area contributed by atoms with Crippen LogP contribution in [0.15, 0.2) is 60.7 Å². The number of hydrogen-bond donors (Lipinski definition) is 1. The summed E-state index contributed by atoms with van der Waals surface area (Å²) in [6.45, 7) is 3.32. The van der Waals surface area contributed by atoms with E-state index in [4.69, 9.17) is 0 Å². The van der Waals surface area contributed by atoms with Gasteiger partial charge in [0.2, 0.25) is 5.91 Å². The van der Waals surface area contributed by atoms with E-state index >= 15 is 0 Å². The molecule has 1 N–H and O–H groups in total. The van der Waals surface area contributed by atoms with E-state index in [1.54, 1.807) is 0 Å². The Labute approximate surface area is 168 Å². The second kappa shape index (κ2) is 8.06. The van der Waals surface area contributed by atoms with Crippen molar-refractivity contribution in [2.45, 2.75) is 24.3 Å². The maximum absolute atomic E-state index is 13.4. The molecule has 2 aliphatic rings. The minimum Gasteiger partial charge on any atom is -0.342 e. The van der Waals surface area contributed by atoms with Gasteiger partial charge < -0.3 is 10.2 Å². The highest BCUT2D eigenvalue weighted by Gasteiger charge is 2.42. The third-order valence-corrected chi connectivity index (χ3v) is 6.83. The van der Waals surface area contributed by atoms with Crippen LogP contribution in [0.2, 0.25) is 0 Å². The van der Waals surface area contributed by atoms with Gasteiger partial charge in [-0.25, -0.2) is 0 Å². The predicted molar refractivity (Wildman–Crippen MR) is 113 cm³/mol. The minimum absolute atomic E-state index is 0.0186. The van der Waals surface area contributed by atoms with Crippen LogP contribution in [-0.4, -0.2) is 56.0 Å². The molecule has 4 rings (SSSR count). The number of nitrogens with one attached hydrogen (secondary N) is 1. The van der Waals surface area contributed by atoms with Crippen LogP contribution in [0.3, 0.4) is 0 Å². The number of likely N-dealkylation sites (tertiary alicyclic amines) is 1. The molecule has 0 aliphatic carbocycles. The summed E-state index contributed by atoms with van der Waals surface area (Å²) < 4.78 is 0. The molecule has 2 aromatic carbocycles. The molecule has 2 aliphatic heterocycles. The van der Waals surface area contributed by atoms with E-state index in [0.29, 0.717) is 5.91 Å². The van der Waals surface area contributed by atoms with E-state index in [9.17, 15) is 4.79 Å². The van der Waals surface area contributed by atoms with Crippen molar-refractivity contribution in [3.05, 3.63) is 71.8 Å². The first kappa shape index (κ1) is 19.2. The lowest BCUT2D eigenvalue weighted by molar-refractivity contribution is -0.138. The zero-order valence-electron chi connectivity index (χ0n) is 17.0. The Bertz CT molecular complexity index is 782. The minimum atomic E-state index is 0.0186. The molecule has 2 fully saturated rings. The molecule has 0 aromatic heterocycles. The van der Waals surface area contributed by atoms with Crippen molar-refractivity contribution in [3.8, 4) is 0 Å². The molecule has 28 heavy (non-hydrogen) atoms. The fourth-order valence-corrected chi connectivity index (χ4v) is 5.06. The second-order valence-electron chi connectivity index (χ2n) is 8.40. The number of amides is 1. The van der Waals surface area contributed by atoms with Gasteiger partial charge in [0, 0.05) is 37.6 Å². The fraction of sp³-hybridized carbons (Fsp3) is 0.458. The first-order valence-electron chi connectivity index (χ1n) is 10.4. The van der Waals surface area contributed by atoms with Gasteiger partial charge in [0.05, 0.1) is 5.92 Å². The molecule has 0 radical (unpaired) electrons. The molecule has 1 amide bonds. The summed E-state index contributed by atoms with van der Waals surface area (Å²) in [5, 5.41) is 3.45. The molecule has 2 atom stereocenters. The van der Waals surface area contributed by atoms with Crippen molar-refractivity contribution in [1.82, 2.24) is 15.1 Å². The quantitative estimate of drug-likeness (QED) is 0.889. The average Bonchev–Trinajstić information content (AvgIpc) is 3.24. The number of piperidine rings is 1. The fourth-order valence-electron chi connectivity index (χ4n) is 5.06. The van der Waals surface area contributed by atoms with Gasteiger partial charge in [-0.05, 0) is 38.1 Å². The van der Waals surface area contributed by atoms with Crippen LogP contribution in [0.4, 0.5) is 0 Å². The molecule has 0 spiro atoms. The van der Waals surface area contributed by atoms with Gasteiger partial charge in [-0.2, -0.15) is 0 Å². The standard InChI is InChI=1S/C24H31N3O/c1-26(2)24(20-11-7-4-8-12-20)13-15-27(16-14-24)23(28)22-18-25-17-21(22)19-9-5-3-6-10-19/h3-12,21-22,25H,13-18H2,1-2H3/t21-,22-/m0/s1. The highest BCUT2D eigenvalue weighted by molar-refractivity contribution is 5.81. The molecule has 4 heteroatoms. The Kier molecular flexibility index (Phi) is 5.51. The summed E-state index contributed by atoms with van der Waals surface area (Å²) >= 11 is 0. The summed E-state index contributed by atoms with van der Waals surface area (Å²) in [6, 6.07) is 21.2. The smallest absolute Gasteiger partial charge is 0.227 e. The van der Waals surface area contributed by atoms with Gasteiger partial charge in [-0.15, -0.1) is 0 Å². The van der Waals surface area contributed by atoms with Crippen molar-refractivity contribution < 1.29 is 4.79 Å². The Balaban J connectivity index is 1.48. The molecule has 0 unspecified atom stereocenters. The highest BCUT2D eigenvalue weighted by atomic mass is 16.2. The largest absolute Gasteiger partial charge is 0.342 e. The lowest BCUT2D eigenvalue weighted by Crippen LogP contribution is -2.53. The summed E-state index contributed by atoms with van der Waals surface area (Å²) in [5.41, 5.74) is 2.65. The summed E-state index contributed by atoms with van der Waals surface area (Å²) in [4.78, 5) is 17.8. The SMILES string of the molecule is CN(C)C1(c2ccccc2)CCN(C(=O)[C@H]2CNC[C@H]2c2ccccc2)CC1. The number of carbonyl (C=O) groups excluding carboxylic acids is 1. The Hall–Kier alpha value is -2.17. The van der Waals surface area contributed by atoms with E-state index in [2.05, 4.69) is 83.8 Å². The topological polar surface area (TPSA) is 35.6 Å². The summed E-state index contributed by atoms with van der Waals surface area (Å²) in [5.74, 6) is 0.647. The Morgan fingerprint density at radius 2 is 1.57 bits per heavy atom. The normalized spacial score (nSPS) is 24.5. The van der Waals surface area contributed by atoms with Gasteiger partial charge in [-0.3, -0.25) is 9.69 Å². The van der Waals surface area contributed by atoms with Gasteiger partial charge in [0.25, 0.3) is 0 Å². The van der Waals surface area contributed by atoms with Crippen LogP contribution in [0.5, 0.6) is 0 Å². The van der Waals surface area contributed by atoms with E-state index in [1.807, 2.05) is 6.07 Å².